The van der Waals surface area contributed by atoms with Gasteiger partial charge in [-0.15, -0.1) is 0 Å². The van der Waals surface area contributed by atoms with Gasteiger partial charge in [-0.1, -0.05) is 41.5 Å². The fraction of sp³-hybridized carbons (Fsp3) is 0.133. The Labute approximate surface area is 122 Å². The van der Waals surface area contributed by atoms with Gasteiger partial charge in [0.2, 0.25) is 5.95 Å². The van der Waals surface area contributed by atoms with Gasteiger partial charge in [-0.2, -0.15) is 4.68 Å². The highest BCUT2D eigenvalue weighted by molar-refractivity contribution is 5.49. The molecule has 106 valence electrons. The topological polar surface area (TPSA) is 72.9 Å². The Morgan fingerprint density at radius 1 is 1.05 bits per heavy atom. The summed E-state index contributed by atoms with van der Waals surface area (Å²) in [5, 5.41) is 11.9. The molecular formula is C15H16N6. The summed E-state index contributed by atoms with van der Waals surface area (Å²) in [4.78, 5) is 1.97. The Morgan fingerprint density at radius 3 is 2.52 bits per heavy atom. The third-order valence-corrected chi connectivity index (χ3v) is 3.26. The van der Waals surface area contributed by atoms with Crippen LogP contribution in [-0.2, 0) is 6.54 Å². The van der Waals surface area contributed by atoms with Crippen molar-refractivity contribution in [2.75, 3.05) is 17.7 Å². The molecule has 0 spiro atoms. The lowest BCUT2D eigenvalue weighted by Crippen LogP contribution is -2.21. The first-order valence-electron chi connectivity index (χ1n) is 6.64. The van der Waals surface area contributed by atoms with Crippen LogP contribution in [0.1, 0.15) is 5.56 Å². The first-order chi connectivity index (χ1) is 10.3. The average Bonchev–Trinajstić information content (AvgIpc) is 3.00. The number of anilines is 2. The van der Waals surface area contributed by atoms with Gasteiger partial charge >= 0.3 is 0 Å². The Balaban J connectivity index is 1.88. The van der Waals surface area contributed by atoms with E-state index in [4.69, 9.17) is 5.73 Å². The van der Waals surface area contributed by atoms with Crippen LogP contribution in [0.15, 0.2) is 54.6 Å². The van der Waals surface area contributed by atoms with Gasteiger partial charge in [-0.05, 0) is 34.2 Å². The maximum atomic E-state index is 5.99. The molecule has 0 aliphatic rings. The largest absolute Gasteiger partial charge is 0.398 e. The van der Waals surface area contributed by atoms with Crippen molar-refractivity contribution in [3.63, 3.8) is 0 Å². The lowest BCUT2D eigenvalue weighted by molar-refractivity contribution is 0.772. The Hall–Kier alpha value is -2.89. The highest BCUT2D eigenvalue weighted by atomic mass is 15.6. The van der Waals surface area contributed by atoms with Crippen molar-refractivity contribution in [3.8, 4) is 5.69 Å². The second-order valence-electron chi connectivity index (χ2n) is 4.78. The van der Waals surface area contributed by atoms with Crippen LogP contribution >= 0.6 is 0 Å². The fourth-order valence-corrected chi connectivity index (χ4v) is 2.16. The zero-order valence-corrected chi connectivity index (χ0v) is 11.7. The summed E-state index contributed by atoms with van der Waals surface area (Å²) in [6, 6.07) is 17.6. The molecule has 0 bridgehead atoms. The first-order valence-corrected chi connectivity index (χ1v) is 6.64. The van der Waals surface area contributed by atoms with Gasteiger partial charge in [-0.25, -0.2) is 0 Å². The number of nitrogens with zero attached hydrogens (tertiary/aromatic N) is 5. The molecule has 6 heteroatoms. The number of tetrazole rings is 1. The molecule has 0 saturated carbocycles. The maximum Gasteiger partial charge on any atom is 0.250 e. The van der Waals surface area contributed by atoms with E-state index < -0.39 is 0 Å². The van der Waals surface area contributed by atoms with E-state index in [0.29, 0.717) is 12.5 Å². The van der Waals surface area contributed by atoms with E-state index in [2.05, 4.69) is 15.5 Å². The molecule has 2 N–H and O–H groups in total. The summed E-state index contributed by atoms with van der Waals surface area (Å²) in [6.07, 6.45) is 0. The number of nitrogens with two attached hydrogens (primary N) is 1. The van der Waals surface area contributed by atoms with Crippen LogP contribution in [-0.4, -0.2) is 27.3 Å². The van der Waals surface area contributed by atoms with E-state index in [1.54, 1.807) is 4.68 Å². The van der Waals surface area contributed by atoms with Crippen LogP contribution in [0.5, 0.6) is 0 Å². The van der Waals surface area contributed by atoms with Crippen LogP contribution in [0, 0.1) is 0 Å². The molecule has 2 aromatic carbocycles. The average molecular weight is 280 g/mol. The quantitative estimate of drug-likeness (QED) is 0.739. The van der Waals surface area contributed by atoms with E-state index >= 15 is 0 Å². The molecule has 0 saturated heterocycles. The van der Waals surface area contributed by atoms with Crippen molar-refractivity contribution in [3.05, 3.63) is 60.2 Å². The van der Waals surface area contributed by atoms with Gasteiger partial charge in [0.1, 0.15) is 0 Å². The molecule has 6 nitrogen and oxygen atoms in total. The number of hydrogen-bond acceptors (Lipinski definition) is 5. The minimum atomic E-state index is 0.639. The van der Waals surface area contributed by atoms with Crippen LogP contribution in [0.4, 0.5) is 11.6 Å². The molecule has 0 atom stereocenters. The Morgan fingerprint density at radius 2 is 1.76 bits per heavy atom. The van der Waals surface area contributed by atoms with Gasteiger partial charge in [-0.3, -0.25) is 0 Å². The number of aromatic nitrogens is 4. The highest BCUT2D eigenvalue weighted by Crippen LogP contribution is 2.18. The summed E-state index contributed by atoms with van der Waals surface area (Å²) >= 11 is 0. The normalized spacial score (nSPS) is 10.5. The first kappa shape index (κ1) is 13.1. The summed E-state index contributed by atoms with van der Waals surface area (Å²) < 4.78 is 1.71. The Bertz CT molecular complexity index is 722. The Kier molecular flexibility index (Phi) is 3.51. The standard InChI is InChI=1S/C15H16N6/c1-20(11-12-7-5-6-10-14(12)16)15-17-18-19-21(15)13-8-3-2-4-9-13/h2-10H,11,16H2,1H3. The van der Waals surface area contributed by atoms with Crippen molar-refractivity contribution < 1.29 is 0 Å². The predicted molar refractivity (Wildman–Crippen MR) is 82.1 cm³/mol. The minimum Gasteiger partial charge on any atom is -0.398 e. The molecule has 3 aromatic rings. The van der Waals surface area contributed by atoms with Crippen molar-refractivity contribution >= 4 is 11.6 Å². The van der Waals surface area contributed by atoms with Gasteiger partial charge < -0.3 is 10.6 Å². The van der Waals surface area contributed by atoms with Gasteiger partial charge in [0.05, 0.1) is 5.69 Å². The molecule has 0 unspecified atom stereocenters. The zero-order valence-electron chi connectivity index (χ0n) is 11.7. The van der Waals surface area contributed by atoms with Gasteiger partial charge in [0.25, 0.3) is 0 Å². The maximum absolute atomic E-state index is 5.99. The van der Waals surface area contributed by atoms with E-state index in [1.807, 2.05) is 66.5 Å². The number of para-hydroxylation sites is 2. The molecule has 0 amide bonds. The second kappa shape index (κ2) is 5.62. The second-order valence-corrected chi connectivity index (χ2v) is 4.78. The van der Waals surface area contributed by atoms with E-state index in [-0.39, 0.29) is 0 Å². The van der Waals surface area contributed by atoms with Crippen LogP contribution < -0.4 is 10.6 Å². The number of hydrogen-bond donors (Lipinski definition) is 1. The zero-order chi connectivity index (χ0) is 14.7. The molecule has 1 heterocycles. The molecular weight excluding hydrogens is 264 g/mol. The third-order valence-electron chi connectivity index (χ3n) is 3.26. The van der Waals surface area contributed by atoms with Gasteiger partial charge in [0, 0.05) is 19.3 Å². The molecule has 3 rings (SSSR count). The van der Waals surface area contributed by atoms with E-state index in [1.165, 1.54) is 0 Å². The summed E-state index contributed by atoms with van der Waals surface area (Å²) in [5.74, 6) is 0.671. The molecule has 1 aromatic heterocycles. The lowest BCUT2D eigenvalue weighted by Gasteiger charge is -2.18. The molecule has 21 heavy (non-hydrogen) atoms. The molecule has 0 fully saturated rings. The van der Waals surface area contributed by atoms with Crippen molar-refractivity contribution in [1.82, 2.24) is 20.2 Å². The molecule has 0 aliphatic carbocycles. The molecule has 0 aliphatic heterocycles. The molecule has 0 radical (unpaired) electrons. The fourth-order valence-electron chi connectivity index (χ4n) is 2.16. The van der Waals surface area contributed by atoms with Crippen LogP contribution in [0.3, 0.4) is 0 Å². The van der Waals surface area contributed by atoms with Crippen molar-refractivity contribution in [2.45, 2.75) is 6.54 Å². The van der Waals surface area contributed by atoms with Crippen LogP contribution in [0.25, 0.3) is 5.69 Å². The minimum absolute atomic E-state index is 0.639. The number of nitrogen functional groups attached to an aromatic ring is 1. The third kappa shape index (κ3) is 2.69. The van der Waals surface area contributed by atoms with Gasteiger partial charge in [0.15, 0.2) is 0 Å². The summed E-state index contributed by atoms with van der Waals surface area (Å²) in [7, 11) is 1.94. The monoisotopic (exact) mass is 280 g/mol. The van der Waals surface area contributed by atoms with E-state index in [9.17, 15) is 0 Å². The highest BCUT2D eigenvalue weighted by Gasteiger charge is 2.13. The SMILES string of the molecule is CN(Cc1ccccc1N)c1nnnn1-c1ccccc1. The smallest absolute Gasteiger partial charge is 0.250 e. The van der Waals surface area contributed by atoms with Crippen LogP contribution in [0.2, 0.25) is 0 Å². The van der Waals surface area contributed by atoms with Crippen molar-refractivity contribution in [1.29, 1.82) is 0 Å². The summed E-state index contributed by atoms with van der Waals surface area (Å²) in [6.45, 7) is 0.639. The predicted octanol–water partition coefficient (Wildman–Crippen LogP) is 1.88. The number of rotatable bonds is 4. The lowest BCUT2D eigenvalue weighted by atomic mass is 10.2. The number of benzene rings is 2. The van der Waals surface area contributed by atoms with E-state index in [0.717, 1.165) is 16.9 Å². The summed E-state index contributed by atoms with van der Waals surface area (Å²) in [5.41, 5.74) is 8.72. The van der Waals surface area contributed by atoms with Crippen molar-refractivity contribution in [2.24, 2.45) is 0 Å².